The molecule has 0 saturated carbocycles. The van der Waals surface area contributed by atoms with E-state index in [9.17, 15) is 18.5 Å². The summed E-state index contributed by atoms with van der Waals surface area (Å²) in [6, 6.07) is 16.4. The fourth-order valence-electron chi connectivity index (χ4n) is 3.31. The lowest BCUT2D eigenvalue weighted by Gasteiger charge is -2.22. The maximum atomic E-state index is 13.6. The average Bonchev–Trinajstić information content (AvgIpc) is 3.31. The summed E-state index contributed by atoms with van der Waals surface area (Å²) < 4.78 is 39.0. The summed E-state index contributed by atoms with van der Waals surface area (Å²) in [6.45, 7) is 2.32. The van der Waals surface area contributed by atoms with Gasteiger partial charge in [-0.05, 0) is 48.9 Å². The number of nitriles is 1. The fraction of sp³-hybridized carbons (Fsp3) is 0.231. The Bertz CT molecular complexity index is 1430. The summed E-state index contributed by atoms with van der Waals surface area (Å²) in [5.41, 5.74) is 1.41. The molecule has 2 aromatic carbocycles. The van der Waals surface area contributed by atoms with E-state index in [2.05, 4.69) is 5.32 Å². The first kappa shape index (κ1) is 28.4. The lowest BCUT2D eigenvalue weighted by atomic mass is 10.2. The number of sulfonamides is 1. The largest absolute Gasteiger partial charge is 0.460 e. The predicted molar refractivity (Wildman–Crippen MR) is 141 cm³/mol. The topological polar surface area (TPSA) is 113 Å². The van der Waals surface area contributed by atoms with Gasteiger partial charge < -0.3 is 14.5 Å². The van der Waals surface area contributed by atoms with Gasteiger partial charge >= 0.3 is 0 Å². The highest BCUT2D eigenvalue weighted by Crippen LogP contribution is 2.27. The average molecular weight is 562 g/mol. The molecule has 0 bridgehead atoms. The second kappa shape index (κ2) is 12.9. The molecule has 0 unspecified atom stereocenters. The normalized spacial score (nSPS) is 11.9. The van der Waals surface area contributed by atoms with Crippen LogP contribution in [-0.2, 0) is 32.6 Å². The molecule has 3 aromatic rings. The Kier molecular flexibility index (Phi) is 9.92. The number of halogens is 2. The van der Waals surface area contributed by atoms with Crippen LogP contribution in [0.2, 0.25) is 10.0 Å². The number of hydrogen-bond acceptors (Lipinski definition) is 6. The molecule has 0 atom stereocenters. The van der Waals surface area contributed by atoms with Crippen LogP contribution in [0.5, 0.6) is 0 Å². The Morgan fingerprint density at radius 2 is 1.84 bits per heavy atom. The molecule has 1 amide bonds. The predicted octanol–water partition coefficient (Wildman–Crippen LogP) is 4.96. The van der Waals surface area contributed by atoms with Crippen molar-refractivity contribution in [2.75, 3.05) is 20.3 Å². The molecular formula is C26H25Cl2N3O5S. The van der Waals surface area contributed by atoms with E-state index in [0.717, 1.165) is 5.56 Å². The van der Waals surface area contributed by atoms with Crippen molar-refractivity contribution in [1.82, 2.24) is 9.62 Å². The number of hydrogen-bond donors (Lipinski definition) is 1. The Balaban J connectivity index is 1.89. The van der Waals surface area contributed by atoms with E-state index in [0.29, 0.717) is 28.0 Å². The van der Waals surface area contributed by atoms with Crippen molar-refractivity contribution in [2.45, 2.75) is 24.9 Å². The van der Waals surface area contributed by atoms with E-state index in [1.807, 2.05) is 13.0 Å². The van der Waals surface area contributed by atoms with Crippen LogP contribution < -0.4 is 5.32 Å². The zero-order valence-corrected chi connectivity index (χ0v) is 22.5. The summed E-state index contributed by atoms with van der Waals surface area (Å²) >= 11 is 12.2. The Morgan fingerprint density at radius 1 is 1.11 bits per heavy atom. The second-order valence-electron chi connectivity index (χ2n) is 8.06. The summed E-state index contributed by atoms with van der Waals surface area (Å²) in [5, 5.41) is 12.6. The van der Waals surface area contributed by atoms with E-state index < -0.39 is 15.9 Å². The van der Waals surface area contributed by atoms with E-state index in [1.165, 1.54) is 17.5 Å². The minimum absolute atomic E-state index is 0.00429. The quantitative estimate of drug-likeness (QED) is 0.201. The Hall–Kier alpha value is -3.13. The van der Waals surface area contributed by atoms with Gasteiger partial charge in [0.05, 0.1) is 28.1 Å². The smallest absolute Gasteiger partial charge is 0.262 e. The van der Waals surface area contributed by atoms with Crippen molar-refractivity contribution < 1.29 is 22.4 Å². The minimum Gasteiger partial charge on any atom is -0.460 e. The van der Waals surface area contributed by atoms with Gasteiger partial charge in [0.15, 0.2) is 0 Å². The SMILES string of the molecule is COCCNC(=O)/C(C#N)=C\c1ccc(CN(Cc2ccc(Cl)c(Cl)c2)S(=O)(=O)c2ccc(C)cc2)o1. The molecule has 1 N–H and O–H groups in total. The van der Waals surface area contributed by atoms with Crippen LogP contribution in [0.3, 0.4) is 0 Å². The molecule has 11 heteroatoms. The third-order valence-electron chi connectivity index (χ3n) is 5.26. The summed E-state index contributed by atoms with van der Waals surface area (Å²) in [5.74, 6) is -0.0181. The van der Waals surface area contributed by atoms with Gasteiger partial charge in [-0.2, -0.15) is 9.57 Å². The third-order valence-corrected chi connectivity index (χ3v) is 7.80. The number of amides is 1. The molecule has 0 fully saturated rings. The van der Waals surface area contributed by atoms with Crippen LogP contribution in [-0.4, -0.2) is 38.9 Å². The van der Waals surface area contributed by atoms with E-state index in [-0.39, 0.29) is 35.9 Å². The fourth-order valence-corrected chi connectivity index (χ4v) is 5.03. The highest BCUT2D eigenvalue weighted by atomic mass is 35.5. The molecular weight excluding hydrogens is 537 g/mol. The highest BCUT2D eigenvalue weighted by Gasteiger charge is 2.26. The number of aryl methyl sites for hydroxylation is 1. The van der Waals surface area contributed by atoms with Gasteiger partial charge in [-0.15, -0.1) is 0 Å². The molecule has 0 aliphatic heterocycles. The van der Waals surface area contributed by atoms with Crippen LogP contribution in [0, 0.1) is 18.3 Å². The molecule has 0 aliphatic carbocycles. The van der Waals surface area contributed by atoms with E-state index >= 15 is 0 Å². The van der Waals surface area contributed by atoms with Crippen molar-refractivity contribution in [1.29, 1.82) is 5.26 Å². The lowest BCUT2D eigenvalue weighted by molar-refractivity contribution is -0.117. The number of methoxy groups -OCH3 is 1. The molecule has 1 heterocycles. The van der Waals surface area contributed by atoms with E-state index in [1.54, 1.807) is 54.6 Å². The van der Waals surface area contributed by atoms with Gasteiger partial charge in [0.2, 0.25) is 10.0 Å². The molecule has 8 nitrogen and oxygen atoms in total. The van der Waals surface area contributed by atoms with Crippen molar-refractivity contribution in [2.24, 2.45) is 0 Å². The summed E-state index contributed by atoms with van der Waals surface area (Å²) in [7, 11) is -2.43. The number of carbonyl (C=O) groups is 1. The number of ether oxygens (including phenoxy) is 1. The van der Waals surface area contributed by atoms with Crippen LogP contribution in [0.25, 0.3) is 6.08 Å². The standard InChI is InChI=1S/C26H25Cl2N3O5S/c1-18-3-8-23(9-4-18)37(33,34)31(16-19-5-10-24(27)25(28)13-19)17-22-7-6-21(36-22)14-20(15-29)26(32)30-11-12-35-2/h3-10,13-14H,11-12,16-17H2,1-2H3,(H,30,32)/b20-14-. The molecule has 0 radical (unpaired) electrons. The van der Waals surface area contributed by atoms with Crippen LogP contribution in [0.1, 0.15) is 22.6 Å². The Morgan fingerprint density at radius 3 is 2.49 bits per heavy atom. The first-order chi connectivity index (χ1) is 17.6. The van der Waals surface area contributed by atoms with Crippen molar-refractivity contribution in [3.8, 4) is 6.07 Å². The third kappa shape index (κ3) is 7.68. The number of nitrogens with one attached hydrogen (secondary N) is 1. The maximum absolute atomic E-state index is 13.6. The van der Waals surface area contributed by atoms with Gasteiger partial charge in [-0.1, -0.05) is 47.0 Å². The van der Waals surface area contributed by atoms with Crippen molar-refractivity contribution in [3.63, 3.8) is 0 Å². The van der Waals surface area contributed by atoms with Crippen molar-refractivity contribution in [3.05, 3.63) is 92.9 Å². The number of benzene rings is 2. The molecule has 1 aromatic heterocycles. The molecule has 37 heavy (non-hydrogen) atoms. The molecule has 194 valence electrons. The van der Waals surface area contributed by atoms with E-state index in [4.69, 9.17) is 32.4 Å². The second-order valence-corrected chi connectivity index (χ2v) is 10.8. The van der Waals surface area contributed by atoms with Gasteiger partial charge in [0.25, 0.3) is 5.91 Å². The van der Waals surface area contributed by atoms with Crippen LogP contribution in [0.4, 0.5) is 0 Å². The van der Waals surface area contributed by atoms with Gasteiger partial charge in [-0.3, -0.25) is 4.79 Å². The van der Waals surface area contributed by atoms with Gasteiger partial charge in [-0.25, -0.2) is 8.42 Å². The van der Waals surface area contributed by atoms with Crippen LogP contribution in [0.15, 0.2) is 69.5 Å². The maximum Gasteiger partial charge on any atom is 0.262 e. The number of nitrogens with zero attached hydrogens (tertiary/aromatic N) is 2. The van der Waals surface area contributed by atoms with Gasteiger partial charge in [0.1, 0.15) is 23.2 Å². The number of carbonyl (C=O) groups excluding carboxylic acids is 1. The van der Waals surface area contributed by atoms with Crippen LogP contribution >= 0.6 is 23.2 Å². The first-order valence-electron chi connectivity index (χ1n) is 11.1. The zero-order chi connectivity index (χ0) is 27.0. The highest BCUT2D eigenvalue weighted by molar-refractivity contribution is 7.89. The zero-order valence-electron chi connectivity index (χ0n) is 20.2. The summed E-state index contributed by atoms with van der Waals surface area (Å²) in [6.07, 6.45) is 1.30. The van der Waals surface area contributed by atoms with Gasteiger partial charge in [0, 0.05) is 26.3 Å². The number of furan rings is 1. The minimum atomic E-state index is -3.93. The molecule has 0 aliphatic rings. The Labute approximate surface area is 226 Å². The monoisotopic (exact) mass is 561 g/mol. The molecule has 0 saturated heterocycles. The molecule has 3 rings (SSSR count). The van der Waals surface area contributed by atoms with Crippen molar-refractivity contribution >= 4 is 45.2 Å². The number of rotatable bonds is 11. The summed E-state index contributed by atoms with van der Waals surface area (Å²) in [4.78, 5) is 12.3. The molecule has 0 spiro atoms. The first-order valence-corrected chi connectivity index (χ1v) is 13.3. The lowest BCUT2D eigenvalue weighted by Crippen LogP contribution is -2.30.